The topological polar surface area (TPSA) is 71.8 Å². The molecule has 0 amide bonds. The summed E-state index contributed by atoms with van der Waals surface area (Å²) in [6, 6.07) is 7.62. The van der Waals surface area contributed by atoms with Crippen molar-refractivity contribution in [2.24, 2.45) is 0 Å². The van der Waals surface area contributed by atoms with E-state index in [1.54, 1.807) is 19.2 Å². The highest BCUT2D eigenvalue weighted by Crippen LogP contribution is 2.17. The second-order valence-corrected chi connectivity index (χ2v) is 4.64. The molecule has 0 aliphatic carbocycles. The quantitative estimate of drug-likeness (QED) is 0.723. The maximum Gasteiger partial charge on any atom is 0.269 e. The summed E-state index contributed by atoms with van der Waals surface area (Å²) in [6.45, 7) is 1.79. The van der Waals surface area contributed by atoms with Gasteiger partial charge in [-0.2, -0.15) is 5.26 Å². The lowest BCUT2D eigenvalue weighted by molar-refractivity contribution is 0.502. The minimum atomic E-state index is -0.413. The fourth-order valence-corrected chi connectivity index (χ4v) is 2.09. The van der Waals surface area contributed by atoms with Gasteiger partial charge in [-0.25, -0.2) is 9.37 Å². The van der Waals surface area contributed by atoms with Crippen molar-refractivity contribution in [3.63, 3.8) is 0 Å². The molecule has 2 heterocycles. The summed E-state index contributed by atoms with van der Waals surface area (Å²) in [4.78, 5) is 16.3. The van der Waals surface area contributed by atoms with E-state index >= 15 is 0 Å². The first-order chi connectivity index (χ1) is 10.1. The number of rotatable bonds is 2. The third-order valence-corrected chi connectivity index (χ3v) is 3.19. The first-order valence-corrected chi connectivity index (χ1v) is 6.23. The summed E-state index contributed by atoms with van der Waals surface area (Å²) in [5.41, 5.74) is 1.17. The zero-order chi connectivity index (χ0) is 15.0. The fraction of sp³-hybridized carbons (Fsp3) is 0.133. The average Bonchev–Trinajstić information content (AvgIpc) is 2.84. The van der Waals surface area contributed by atoms with E-state index in [9.17, 15) is 9.18 Å². The van der Waals surface area contributed by atoms with Crippen LogP contribution in [-0.4, -0.2) is 9.55 Å². The molecule has 0 bridgehead atoms. The van der Waals surface area contributed by atoms with Crippen molar-refractivity contribution in [2.75, 3.05) is 0 Å². The molecule has 0 fully saturated rings. The number of hydrogen-bond donors (Lipinski definition) is 0. The smallest absolute Gasteiger partial charge is 0.269 e. The minimum absolute atomic E-state index is 0.0874. The van der Waals surface area contributed by atoms with E-state index in [4.69, 9.17) is 9.68 Å². The van der Waals surface area contributed by atoms with E-state index in [0.717, 1.165) is 0 Å². The Hall–Kier alpha value is -2.94. The van der Waals surface area contributed by atoms with Gasteiger partial charge >= 0.3 is 0 Å². The van der Waals surface area contributed by atoms with Gasteiger partial charge in [0.2, 0.25) is 5.89 Å². The van der Waals surface area contributed by atoms with Gasteiger partial charge in [0.15, 0.2) is 5.58 Å². The highest BCUT2D eigenvalue weighted by molar-refractivity contribution is 5.72. The van der Waals surface area contributed by atoms with Crippen molar-refractivity contribution in [1.82, 2.24) is 9.55 Å². The summed E-state index contributed by atoms with van der Waals surface area (Å²) in [6.07, 6.45) is 1.58. The molecule has 0 aliphatic heterocycles. The van der Waals surface area contributed by atoms with Gasteiger partial charge in [-0.15, -0.1) is 0 Å². The third-order valence-electron chi connectivity index (χ3n) is 3.19. The number of nitriles is 1. The molecular formula is C15H10FN3O2. The molecule has 0 saturated carbocycles. The Kier molecular flexibility index (Phi) is 3.03. The molecule has 0 radical (unpaired) electrons. The number of aryl methyl sites for hydroxylation is 1. The number of hydrogen-bond acceptors (Lipinski definition) is 4. The number of aromatic nitrogens is 2. The Morgan fingerprint density at radius 3 is 3.00 bits per heavy atom. The number of pyridine rings is 1. The highest BCUT2D eigenvalue weighted by atomic mass is 19.1. The van der Waals surface area contributed by atoms with Gasteiger partial charge in [0.05, 0.1) is 0 Å². The monoisotopic (exact) mass is 283 g/mol. The lowest BCUT2D eigenvalue weighted by atomic mass is 10.2. The Balaban J connectivity index is 2.03. The number of fused-ring (bicyclic) bond motifs is 1. The molecule has 0 atom stereocenters. The van der Waals surface area contributed by atoms with E-state index in [1.807, 2.05) is 6.07 Å². The minimum Gasteiger partial charge on any atom is -0.439 e. The summed E-state index contributed by atoms with van der Waals surface area (Å²) in [7, 11) is 0. The van der Waals surface area contributed by atoms with Gasteiger partial charge in [0.25, 0.3) is 5.56 Å². The SMILES string of the molecule is Cc1ccn(Cc2nc3ccc(F)cc3o2)c(=O)c1C#N. The Labute approximate surface area is 118 Å². The van der Waals surface area contributed by atoms with Crippen LogP contribution in [0, 0.1) is 24.1 Å². The van der Waals surface area contributed by atoms with Crippen LogP contribution in [0.5, 0.6) is 0 Å². The fourth-order valence-electron chi connectivity index (χ4n) is 2.09. The van der Waals surface area contributed by atoms with Crippen LogP contribution in [0.4, 0.5) is 4.39 Å². The zero-order valence-corrected chi connectivity index (χ0v) is 11.1. The second kappa shape index (κ2) is 4.87. The molecule has 6 heteroatoms. The summed E-state index contributed by atoms with van der Waals surface area (Å²) in [5, 5.41) is 8.99. The molecule has 0 N–H and O–H groups in total. The first kappa shape index (κ1) is 13.1. The molecule has 2 aromatic heterocycles. The molecule has 0 unspecified atom stereocenters. The number of nitrogens with zero attached hydrogens (tertiary/aromatic N) is 3. The lowest BCUT2D eigenvalue weighted by Crippen LogP contribution is -2.23. The standard InChI is InChI=1S/C15H10FN3O2/c1-9-4-5-19(15(20)11(9)7-17)8-14-18-12-3-2-10(16)6-13(12)21-14/h2-6H,8H2,1H3. The first-order valence-electron chi connectivity index (χ1n) is 6.23. The summed E-state index contributed by atoms with van der Waals surface area (Å²) in [5.74, 6) is -0.130. The van der Waals surface area contributed by atoms with Crippen molar-refractivity contribution in [2.45, 2.75) is 13.5 Å². The third kappa shape index (κ3) is 2.30. The second-order valence-electron chi connectivity index (χ2n) is 4.64. The van der Waals surface area contributed by atoms with Gasteiger partial charge < -0.3 is 8.98 Å². The van der Waals surface area contributed by atoms with Crippen molar-refractivity contribution < 1.29 is 8.81 Å². The molecule has 0 aliphatic rings. The van der Waals surface area contributed by atoms with E-state index in [1.165, 1.54) is 22.8 Å². The maximum absolute atomic E-state index is 13.1. The molecule has 0 spiro atoms. The summed E-state index contributed by atoms with van der Waals surface area (Å²) >= 11 is 0. The summed E-state index contributed by atoms with van der Waals surface area (Å²) < 4.78 is 19.9. The van der Waals surface area contributed by atoms with Gasteiger partial charge in [0, 0.05) is 12.3 Å². The zero-order valence-electron chi connectivity index (χ0n) is 11.1. The van der Waals surface area contributed by atoms with Crippen LogP contribution in [0.25, 0.3) is 11.1 Å². The van der Waals surface area contributed by atoms with Crippen molar-refractivity contribution in [1.29, 1.82) is 5.26 Å². The number of benzene rings is 1. The molecule has 5 nitrogen and oxygen atoms in total. The van der Waals surface area contributed by atoms with Crippen molar-refractivity contribution in [3.05, 3.63) is 63.7 Å². The van der Waals surface area contributed by atoms with Gasteiger partial charge in [-0.3, -0.25) is 4.79 Å². The lowest BCUT2D eigenvalue weighted by Gasteiger charge is -2.04. The van der Waals surface area contributed by atoms with Crippen LogP contribution in [0.2, 0.25) is 0 Å². The normalized spacial score (nSPS) is 10.7. The Morgan fingerprint density at radius 2 is 2.24 bits per heavy atom. The van der Waals surface area contributed by atoms with E-state index in [-0.39, 0.29) is 18.0 Å². The predicted molar refractivity (Wildman–Crippen MR) is 73.2 cm³/mol. The van der Waals surface area contributed by atoms with Crippen LogP contribution >= 0.6 is 0 Å². The molecule has 104 valence electrons. The molecule has 21 heavy (non-hydrogen) atoms. The van der Waals surface area contributed by atoms with E-state index in [2.05, 4.69) is 4.98 Å². The number of halogens is 1. The van der Waals surface area contributed by atoms with E-state index < -0.39 is 11.4 Å². The predicted octanol–water partition coefficient (Wildman–Crippen LogP) is 2.36. The molecular weight excluding hydrogens is 273 g/mol. The Morgan fingerprint density at radius 1 is 1.43 bits per heavy atom. The maximum atomic E-state index is 13.1. The molecule has 3 aromatic rings. The van der Waals surface area contributed by atoms with E-state index in [0.29, 0.717) is 16.7 Å². The average molecular weight is 283 g/mol. The largest absolute Gasteiger partial charge is 0.439 e. The van der Waals surface area contributed by atoms with Crippen molar-refractivity contribution >= 4 is 11.1 Å². The molecule has 3 rings (SSSR count). The van der Waals surface area contributed by atoms with Gasteiger partial charge in [-0.1, -0.05) is 0 Å². The molecule has 1 aromatic carbocycles. The number of oxazole rings is 1. The Bertz CT molecular complexity index is 934. The van der Waals surface area contributed by atoms with Crippen LogP contribution in [0.15, 0.2) is 39.7 Å². The van der Waals surface area contributed by atoms with Gasteiger partial charge in [-0.05, 0) is 30.7 Å². The molecule has 0 saturated heterocycles. The highest BCUT2D eigenvalue weighted by Gasteiger charge is 2.11. The van der Waals surface area contributed by atoms with Crippen LogP contribution in [-0.2, 0) is 6.54 Å². The van der Waals surface area contributed by atoms with Crippen molar-refractivity contribution in [3.8, 4) is 6.07 Å². The van der Waals surface area contributed by atoms with Crippen LogP contribution < -0.4 is 5.56 Å². The van der Waals surface area contributed by atoms with Gasteiger partial charge in [0.1, 0.15) is 29.5 Å². The van der Waals surface area contributed by atoms with Crippen LogP contribution in [0.1, 0.15) is 17.0 Å². The van der Waals surface area contributed by atoms with Crippen LogP contribution in [0.3, 0.4) is 0 Å².